The molecule has 2 aliphatic rings. The summed E-state index contributed by atoms with van der Waals surface area (Å²) in [6.07, 6.45) is -9.97. The van der Waals surface area contributed by atoms with Crippen LogP contribution in [0.2, 0.25) is 0 Å². The van der Waals surface area contributed by atoms with E-state index in [4.69, 9.17) is 47.4 Å². The predicted molar refractivity (Wildman–Crippen MR) is 269 cm³/mol. The number of hydrogen-bond donors (Lipinski definition) is 0. The second kappa shape index (κ2) is 27.2. The highest BCUT2D eigenvalue weighted by Gasteiger charge is 2.53. The average molecular weight is 972 g/mol. The molecule has 10 atom stereocenters. The van der Waals surface area contributed by atoms with E-state index in [0.717, 1.165) is 38.9 Å². The van der Waals surface area contributed by atoms with E-state index in [1.165, 1.54) is 0 Å². The van der Waals surface area contributed by atoms with Gasteiger partial charge in [0.05, 0.1) is 65.6 Å². The number of hydrogen-bond acceptors (Lipinski definition) is 11. The molecule has 0 aromatic heterocycles. The molecule has 2 fully saturated rings. The highest BCUT2D eigenvalue weighted by atomic mass is 16.8. The van der Waals surface area contributed by atoms with Gasteiger partial charge in [-0.1, -0.05) is 212 Å². The first-order chi connectivity index (χ1) is 35.6. The fourth-order valence-electron chi connectivity index (χ4n) is 8.95. The van der Waals surface area contributed by atoms with Crippen molar-refractivity contribution < 1.29 is 52.5 Å². The monoisotopic (exact) mass is 971 g/mol. The van der Waals surface area contributed by atoms with Gasteiger partial charge in [0.2, 0.25) is 0 Å². The average Bonchev–Trinajstić information content (AvgIpc) is 3.43. The standard InChI is InChI=1S/C61H63O11/c62-60-58(68-41-50-32-18-6-19-33-50)57(67-40-49-30-16-5-17-31-49)55(53(70-60)44-64-37-46-24-10-2-11-25-46)72-61-59(69-42-51-34-20-7-21-35-51)56(66-39-48-28-14-4-15-29-48)54(65-38-47-26-12-3-13-27-47)52(71-61)43-63-36-45-22-8-1-9-23-45/h1-35,52-61H,36-44H2/q-1/t52-,53-,54-,55-,56+,57+,58-,59-,60-,61-/m1/s1. The van der Waals surface area contributed by atoms with Gasteiger partial charge < -0.3 is 52.5 Å². The van der Waals surface area contributed by atoms with E-state index in [9.17, 15) is 5.11 Å². The lowest BCUT2D eigenvalue weighted by atomic mass is 9.95. The summed E-state index contributed by atoms with van der Waals surface area (Å²) in [6.45, 7) is 1.74. The molecule has 0 radical (unpaired) electrons. The molecule has 2 heterocycles. The van der Waals surface area contributed by atoms with Gasteiger partial charge in [0.25, 0.3) is 0 Å². The van der Waals surface area contributed by atoms with Crippen LogP contribution in [0.1, 0.15) is 38.9 Å². The molecule has 0 N–H and O–H groups in total. The fourth-order valence-corrected chi connectivity index (χ4v) is 8.95. The number of rotatable bonds is 25. The zero-order chi connectivity index (χ0) is 49.0. The van der Waals surface area contributed by atoms with Crippen LogP contribution in [0, 0.1) is 0 Å². The molecule has 374 valence electrons. The summed E-state index contributed by atoms with van der Waals surface area (Å²) in [5.41, 5.74) is 6.66. The van der Waals surface area contributed by atoms with E-state index in [0.29, 0.717) is 6.61 Å². The Hall–Kier alpha value is -5.90. The summed E-state index contributed by atoms with van der Waals surface area (Å²) < 4.78 is 68.3. The zero-order valence-corrected chi connectivity index (χ0v) is 40.3. The van der Waals surface area contributed by atoms with Crippen LogP contribution < -0.4 is 5.11 Å². The maximum Gasteiger partial charge on any atom is 0.187 e. The quantitative estimate of drug-likeness (QED) is 0.0546. The Morgan fingerprint density at radius 3 is 0.931 bits per heavy atom. The molecule has 9 rings (SSSR count). The minimum Gasteiger partial charge on any atom is -0.829 e. The van der Waals surface area contributed by atoms with Gasteiger partial charge >= 0.3 is 0 Å². The van der Waals surface area contributed by atoms with Gasteiger partial charge in [-0.2, -0.15) is 0 Å². The zero-order valence-electron chi connectivity index (χ0n) is 40.3. The van der Waals surface area contributed by atoms with Crippen LogP contribution in [0.4, 0.5) is 0 Å². The van der Waals surface area contributed by atoms with Gasteiger partial charge in [-0.15, -0.1) is 0 Å². The lowest BCUT2D eigenvalue weighted by Crippen LogP contribution is -2.67. The van der Waals surface area contributed by atoms with Gasteiger partial charge in [-0.25, -0.2) is 0 Å². The Morgan fingerprint density at radius 2 is 0.569 bits per heavy atom. The normalized spacial score (nSPS) is 24.2. The first-order valence-corrected chi connectivity index (χ1v) is 24.8. The minimum absolute atomic E-state index is 0.00246. The SMILES string of the molecule is [O-][C@@H]1O[C@H](COCc2ccccc2)[C@@H](O[C@H]2O[C@H](COCc3ccccc3)[C@@H](OCc3ccccc3)[C@H](OCc3ccccc3)[C@H]2OCc2ccccc2)[C@H](OCc2ccccc2)[C@H]1OCc1ccccc1. The lowest BCUT2D eigenvalue weighted by molar-refractivity contribution is -0.539. The molecular formula is C61H63O11-. The van der Waals surface area contributed by atoms with E-state index in [-0.39, 0.29) is 52.9 Å². The molecule has 0 bridgehead atoms. The van der Waals surface area contributed by atoms with Crippen molar-refractivity contribution in [3.05, 3.63) is 251 Å². The van der Waals surface area contributed by atoms with Gasteiger partial charge in [0.1, 0.15) is 42.7 Å². The molecule has 2 saturated heterocycles. The molecular weight excluding hydrogens is 909 g/mol. The third-order valence-corrected chi connectivity index (χ3v) is 12.7. The molecule has 0 unspecified atom stereocenters. The first kappa shape index (κ1) is 51.0. The van der Waals surface area contributed by atoms with Crippen LogP contribution in [-0.2, 0) is 93.6 Å². The largest absolute Gasteiger partial charge is 0.829 e. The predicted octanol–water partition coefficient (Wildman–Crippen LogP) is 9.54. The second-order valence-electron chi connectivity index (χ2n) is 18.0. The minimum atomic E-state index is -1.66. The lowest BCUT2D eigenvalue weighted by Gasteiger charge is -2.52. The summed E-state index contributed by atoms with van der Waals surface area (Å²) in [4.78, 5) is 0. The van der Waals surface area contributed by atoms with Crippen molar-refractivity contribution in [2.45, 2.75) is 108 Å². The number of ether oxygens (including phenoxy) is 10. The molecule has 11 heteroatoms. The second-order valence-corrected chi connectivity index (χ2v) is 18.0. The molecule has 7 aromatic carbocycles. The summed E-state index contributed by atoms with van der Waals surface area (Å²) in [5.74, 6) is 0. The maximum atomic E-state index is 14.5. The summed E-state index contributed by atoms with van der Waals surface area (Å²) in [7, 11) is 0. The Bertz CT molecular complexity index is 2550. The molecule has 0 amide bonds. The van der Waals surface area contributed by atoms with Gasteiger partial charge in [-0.3, -0.25) is 0 Å². The third-order valence-electron chi connectivity index (χ3n) is 12.7. The van der Waals surface area contributed by atoms with Crippen LogP contribution in [0.3, 0.4) is 0 Å². The van der Waals surface area contributed by atoms with Crippen LogP contribution >= 0.6 is 0 Å². The Morgan fingerprint density at radius 1 is 0.292 bits per heavy atom. The molecule has 2 aliphatic heterocycles. The van der Waals surface area contributed by atoms with E-state index < -0.39 is 61.4 Å². The fraction of sp³-hybridized carbons (Fsp3) is 0.311. The van der Waals surface area contributed by atoms with E-state index >= 15 is 0 Å². The van der Waals surface area contributed by atoms with Gasteiger partial charge in [0.15, 0.2) is 6.29 Å². The maximum absolute atomic E-state index is 14.5. The van der Waals surface area contributed by atoms with E-state index in [2.05, 4.69) is 0 Å². The highest BCUT2D eigenvalue weighted by molar-refractivity contribution is 5.19. The third kappa shape index (κ3) is 14.8. The van der Waals surface area contributed by atoms with Crippen molar-refractivity contribution in [1.29, 1.82) is 0 Å². The molecule has 0 spiro atoms. The number of benzene rings is 7. The van der Waals surface area contributed by atoms with Crippen LogP contribution in [0.25, 0.3) is 0 Å². The van der Waals surface area contributed by atoms with Crippen molar-refractivity contribution in [2.24, 2.45) is 0 Å². The van der Waals surface area contributed by atoms with Crippen molar-refractivity contribution in [3.8, 4) is 0 Å². The topological polar surface area (TPSA) is 115 Å². The van der Waals surface area contributed by atoms with Crippen LogP contribution in [0.5, 0.6) is 0 Å². The Kier molecular flexibility index (Phi) is 19.3. The van der Waals surface area contributed by atoms with Gasteiger partial charge in [-0.05, 0) is 38.9 Å². The summed E-state index contributed by atoms with van der Waals surface area (Å²) in [5, 5.41) is 14.5. The van der Waals surface area contributed by atoms with Crippen molar-refractivity contribution in [1.82, 2.24) is 0 Å². The molecule has 0 saturated carbocycles. The van der Waals surface area contributed by atoms with Crippen molar-refractivity contribution >= 4 is 0 Å². The summed E-state index contributed by atoms with van der Waals surface area (Å²) in [6, 6.07) is 69.3. The molecule has 7 aromatic rings. The molecule has 0 aliphatic carbocycles. The van der Waals surface area contributed by atoms with E-state index in [1.54, 1.807) is 0 Å². The summed E-state index contributed by atoms with van der Waals surface area (Å²) >= 11 is 0. The molecule has 72 heavy (non-hydrogen) atoms. The smallest absolute Gasteiger partial charge is 0.187 e. The highest BCUT2D eigenvalue weighted by Crippen LogP contribution is 2.36. The van der Waals surface area contributed by atoms with E-state index in [1.807, 2.05) is 212 Å². The van der Waals surface area contributed by atoms with Crippen molar-refractivity contribution in [3.63, 3.8) is 0 Å². The van der Waals surface area contributed by atoms with Gasteiger partial charge in [0, 0.05) is 6.29 Å². The Labute approximate surface area is 423 Å². The molecule has 11 nitrogen and oxygen atoms in total. The van der Waals surface area contributed by atoms with Crippen LogP contribution in [-0.4, -0.2) is 74.6 Å². The Balaban J connectivity index is 1.10. The first-order valence-electron chi connectivity index (χ1n) is 24.8. The van der Waals surface area contributed by atoms with Crippen LogP contribution in [0.15, 0.2) is 212 Å². The van der Waals surface area contributed by atoms with Crippen molar-refractivity contribution in [2.75, 3.05) is 13.2 Å².